The molecule has 0 spiro atoms. The van der Waals surface area contributed by atoms with Crippen LogP contribution in [0, 0.1) is 16.7 Å². The zero-order valence-electron chi connectivity index (χ0n) is 10.3. The lowest BCUT2D eigenvalue weighted by atomic mass is 9.88. The number of amides is 1. The van der Waals surface area contributed by atoms with Crippen molar-refractivity contribution in [1.29, 1.82) is 5.26 Å². The van der Waals surface area contributed by atoms with E-state index in [1.807, 2.05) is 32.8 Å². The highest BCUT2D eigenvalue weighted by Crippen LogP contribution is 2.19. The van der Waals surface area contributed by atoms with Crippen LogP contribution in [0.5, 0.6) is 0 Å². The Morgan fingerprint density at radius 2 is 2.13 bits per heavy atom. The van der Waals surface area contributed by atoms with Crippen LogP contribution in [0.2, 0.25) is 0 Å². The van der Waals surface area contributed by atoms with Gasteiger partial charge in [0.05, 0.1) is 6.07 Å². The Morgan fingerprint density at radius 1 is 1.60 bits per heavy atom. The Morgan fingerprint density at radius 3 is 2.47 bits per heavy atom. The van der Waals surface area contributed by atoms with Gasteiger partial charge in [-0.2, -0.15) is 5.26 Å². The van der Waals surface area contributed by atoms with Crippen LogP contribution < -0.4 is 5.32 Å². The molecule has 2 unspecified atom stereocenters. The van der Waals surface area contributed by atoms with Crippen LogP contribution in [-0.4, -0.2) is 37.5 Å². The topological polar surface area (TPSA) is 56.1 Å². The second kappa shape index (κ2) is 5.72. The molecule has 0 aromatic carbocycles. The second-order valence-electron chi connectivity index (χ2n) is 4.43. The molecule has 0 aromatic rings. The van der Waals surface area contributed by atoms with E-state index in [0.717, 1.165) is 6.54 Å². The van der Waals surface area contributed by atoms with Gasteiger partial charge in [0.25, 0.3) is 0 Å². The van der Waals surface area contributed by atoms with Gasteiger partial charge in [0, 0.05) is 12.6 Å². The number of nitriles is 1. The van der Waals surface area contributed by atoms with E-state index in [1.165, 1.54) is 0 Å². The first kappa shape index (κ1) is 13.9. The molecule has 0 saturated heterocycles. The molecule has 0 aliphatic heterocycles. The van der Waals surface area contributed by atoms with Gasteiger partial charge in [0.2, 0.25) is 5.91 Å². The largest absolute Gasteiger partial charge is 0.351 e. The molecule has 4 nitrogen and oxygen atoms in total. The van der Waals surface area contributed by atoms with Crippen LogP contribution in [0.25, 0.3) is 0 Å². The van der Waals surface area contributed by atoms with Crippen LogP contribution in [0.15, 0.2) is 0 Å². The van der Waals surface area contributed by atoms with Gasteiger partial charge in [0.1, 0.15) is 5.41 Å². The maximum Gasteiger partial charge on any atom is 0.240 e. The number of nitrogens with one attached hydrogen (secondary N) is 1. The lowest BCUT2D eigenvalue weighted by Gasteiger charge is -2.24. The molecule has 15 heavy (non-hydrogen) atoms. The molecule has 86 valence electrons. The van der Waals surface area contributed by atoms with E-state index in [9.17, 15) is 4.79 Å². The first-order chi connectivity index (χ1) is 6.85. The van der Waals surface area contributed by atoms with Crippen molar-refractivity contribution in [2.45, 2.75) is 33.2 Å². The van der Waals surface area contributed by atoms with Crippen LogP contribution in [0.4, 0.5) is 0 Å². The Hall–Kier alpha value is -1.08. The lowest BCUT2D eigenvalue weighted by molar-refractivity contribution is -0.128. The van der Waals surface area contributed by atoms with Gasteiger partial charge in [-0.3, -0.25) is 4.79 Å². The molecule has 0 aliphatic rings. The molecule has 0 bridgehead atoms. The van der Waals surface area contributed by atoms with Gasteiger partial charge < -0.3 is 10.2 Å². The minimum atomic E-state index is -0.902. The predicted molar refractivity (Wildman–Crippen MR) is 60.2 cm³/mol. The molecule has 0 rings (SSSR count). The zero-order chi connectivity index (χ0) is 12.1. The minimum Gasteiger partial charge on any atom is -0.351 e. The molecule has 1 N–H and O–H groups in total. The first-order valence-electron chi connectivity index (χ1n) is 5.22. The quantitative estimate of drug-likeness (QED) is 0.738. The number of carbonyl (C=O) groups excluding carboxylic acids is 1. The molecule has 0 aliphatic carbocycles. The van der Waals surface area contributed by atoms with Crippen molar-refractivity contribution in [3.05, 3.63) is 0 Å². The maximum atomic E-state index is 11.8. The first-order valence-corrected chi connectivity index (χ1v) is 5.22. The van der Waals surface area contributed by atoms with E-state index in [4.69, 9.17) is 5.26 Å². The number of hydrogen-bond donors (Lipinski definition) is 1. The van der Waals surface area contributed by atoms with Crippen molar-refractivity contribution in [2.24, 2.45) is 5.41 Å². The number of nitrogens with zero attached hydrogens (tertiary/aromatic N) is 2. The van der Waals surface area contributed by atoms with E-state index >= 15 is 0 Å². The molecular weight excluding hydrogens is 190 g/mol. The van der Waals surface area contributed by atoms with Crippen LogP contribution in [0.3, 0.4) is 0 Å². The van der Waals surface area contributed by atoms with E-state index in [2.05, 4.69) is 11.4 Å². The summed E-state index contributed by atoms with van der Waals surface area (Å²) in [6.45, 7) is 6.23. The molecule has 0 heterocycles. The van der Waals surface area contributed by atoms with Crippen LogP contribution >= 0.6 is 0 Å². The van der Waals surface area contributed by atoms with E-state index in [1.54, 1.807) is 6.92 Å². The Labute approximate surface area is 92.3 Å². The normalized spacial score (nSPS) is 16.6. The fourth-order valence-electron chi connectivity index (χ4n) is 1.27. The standard InChI is InChI=1S/C11H21N3O/c1-6-11(3,8-12)10(15)13-9(2)7-14(4)5/h9H,6-7H2,1-5H3,(H,13,15). The summed E-state index contributed by atoms with van der Waals surface area (Å²) >= 11 is 0. The fourth-order valence-corrected chi connectivity index (χ4v) is 1.27. The fraction of sp³-hybridized carbons (Fsp3) is 0.818. The highest BCUT2D eigenvalue weighted by atomic mass is 16.2. The van der Waals surface area contributed by atoms with E-state index in [-0.39, 0.29) is 11.9 Å². The summed E-state index contributed by atoms with van der Waals surface area (Å²) in [7, 11) is 3.90. The summed E-state index contributed by atoms with van der Waals surface area (Å²) < 4.78 is 0. The molecule has 0 fully saturated rings. The number of hydrogen-bond acceptors (Lipinski definition) is 3. The monoisotopic (exact) mass is 211 g/mol. The molecule has 2 atom stereocenters. The lowest BCUT2D eigenvalue weighted by Crippen LogP contribution is -2.45. The van der Waals surface area contributed by atoms with E-state index < -0.39 is 5.41 Å². The van der Waals surface area contributed by atoms with Crippen molar-refractivity contribution >= 4 is 5.91 Å². The van der Waals surface area contributed by atoms with Crippen molar-refractivity contribution in [2.75, 3.05) is 20.6 Å². The van der Waals surface area contributed by atoms with Gasteiger partial charge >= 0.3 is 0 Å². The summed E-state index contributed by atoms with van der Waals surface area (Å²) in [6, 6.07) is 2.12. The van der Waals surface area contributed by atoms with Gasteiger partial charge in [-0.15, -0.1) is 0 Å². The summed E-state index contributed by atoms with van der Waals surface area (Å²) in [5, 5.41) is 11.8. The average molecular weight is 211 g/mol. The summed E-state index contributed by atoms with van der Waals surface area (Å²) in [6.07, 6.45) is 0.532. The number of carbonyl (C=O) groups is 1. The highest BCUT2D eigenvalue weighted by Gasteiger charge is 2.31. The summed E-state index contributed by atoms with van der Waals surface area (Å²) in [4.78, 5) is 13.8. The summed E-state index contributed by atoms with van der Waals surface area (Å²) in [5.74, 6) is -0.179. The van der Waals surface area contributed by atoms with Gasteiger partial charge in [-0.1, -0.05) is 6.92 Å². The zero-order valence-corrected chi connectivity index (χ0v) is 10.3. The van der Waals surface area contributed by atoms with Gasteiger partial charge in [-0.05, 0) is 34.4 Å². The Balaban J connectivity index is 4.31. The summed E-state index contributed by atoms with van der Waals surface area (Å²) in [5.41, 5.74) is -0.902. The molecule has 0 radical (unpaired) electrons. The third-order valence-electron chi connectivity index (χ3n) is 2.47. The van der Waals surface area contributed by atoms with Crippen molar-refractivity contribution in [3.8, 4) is 6.07 Å². The van der Waals surface area contributed by atoms with Gasteiger partial charge in [-0.25, -0.2) is 0 Å². The third kappa shape index (κ3) is 4.30. The van der Waals surface area contributed by atoms with E-state index in [0.29, 0.717) is 6.42 Å². The van der Waals surface area contributed by atoms with Crippen LogP contribution in [-0.2, 0) is 4.79 Å². The predicted octanol–water partition coefficient (Wildman–Crippen LogP) is 0.993. The van der Waals surface area contributed by atoms with Crippen molar-refractivity contribution in [1.82, 2.24) is 10.2 Å². The second-order valence-corrected chi connectivity index (χ2v) is 4.43. The highest BCUT2D eigenvalue weighted by molar-refractivity contribution is 5.85. The minimum absolute atomic E-state index is 0.0618. The Bertz CT molecular complexity index is 257. The maximum absolute atomic E-state index is 11.8. The number of rotatable bonds is 5. The van der Waals surface area contributed by atoms with Gasteiger partial charge in [0.15, 0.2) is 0 Å². The van der Waals surface area contributed by atoms with Crippen molar-refractivity contribution in [3.63, 3.8) is 0 Å². The Kier molecular flexibility index (Phi) is 5.31. The molecule has 0 saturated carbocycles. The average Bonchev–Trinajstić information content (AvgIpc) is 2.15. The molecule has 0 aromatic heterocycles. The number of likely N-dealkylation sites (N-methyl/N-ethyl adjacent to an activating group) is 1. The molecular formula is C11H21N3O. The van der Waals surface area contributed by atoms with Crippen molar-refractivity contribution < 1.29 is 4.79 Å². The van der Waals surface area contributed by atoms with Crippen LogP contribution in [0.1, 0.15) is 27.2 Å². The molecule has 1 amide bonds. The molecule has 4 heteroatoms. The smallest absolute Gasteiger partial charge is 0.240 e. The third-order valence-corrected chi connectivity index (χ3v) is 2.47. The SMILES string of the molecule is CCC(C)(C#N)C(=O)NC(C)CN(C)C.